The van der Waals surface area contributed by atoms with E-state index in [-0.39, 0.29) is 24.4 Å². The van der Waals surface area contributed by atoms with E-state index >= 15 is 0 Å². The number of carbonyl (C=O) groups is 2. The summed E-state index contributed by atoms with van der Waals surface area (Å²) in [7, 11) is 0. The summed E-state index contributed by atoms with van der Waals surface area (Å²) in [4.78, 5) is 36.6. The summed E-state index contributed by atoms with van der Waals surface area (Å²) in [6.45, 7) is 2.54. The zero-order chi connectivity index (χ0) is 16.8. The molecule has 2 fully saturated rings. The maximum absolute atomic E-state index is 12.3. The van der Waals surface area contributed by atoms with Crippen LogP contribution in [0.3, 0.4) is 0 Å². The van der Waals surface area contributed by atoms with E-state index in [1.165, 1.54) is 0 Å². The topological polar surface area (TPSA) is 78.4 Å². The fraction of sp³-hybridized carbons (Fsp3) is 0.647. The van der Waals surface area contributed by atoms with Gasteiger partial charge in [0, 0.05) is 44.5 Å². The van der Waals surface area contributed by atoms with E-state index in [0.717, 1.165) is 51.0 Å². The van der Waals surface area contributed by atoms with Gasteiger partial charge in [-0.25, -0.2) is 4.98 Å². The van der Waals surface area contributed by atoms with E-state index in [1.54, 1.807) is 23.5 Å². The van der Waals surface area contributed by atoms with Gasteiger partial charge in [-0.05, 0) is 25.7 Å². The van der Waals surface area contributed by atoms with Crippen molar-refractivity contribution < 1.29 is 9.59 Å². The van der Waals surface area contributed by atoms with Crippen LogP contribution in [-0.2, 0) is 9.59 Å². The molecule has 1 aromatic heterocycles. The first kappa shape index (κ1) is 16.7. The molecule has 0 spiro atoms. The Morgan fingerprint density at radius 2 is 2.12 bits per heavy atom. The lowest BCUT2D eigenvalue weighted by Crippen LogP contribution is -2.50. The van der Waals surface area contributed by atoms with Gasteiger partial charge in [0.25, 0.3) is 0 Å². The molecule has 24 heavy (non-hydrogen) atoms. The molecule has 3 rings (SSSR count). The van der Waals surface area contributed by atoms with E-state index in [2.05, 4.69) is 20.2 Å². The van der Waals surface area contributed by atoms with Gasteiger partial charge in [0.15, 0.2) is 0 Å². The van der Waals surface area contributed by atoms with Crippen molar-refractivity contribution in [3.63, 3.8) is 0 Å². The average molecular weight is 331 g/mol. The molecule has 0 aromatic carbocycles. The van der Waals surface area contributed by atoms with Crippen molar-refractivity contribution in [3.05, 3.63) is 18.6 Å². The molecule has 1 aromatic rings. The summed E-state index contributed by atoms with van der Waals surface area (Å²) in [5.74, 6) is 0.892. The molecular weight excluding hydrogens is 306 g/mol. The van der Waals surface area contributed by atoms with Crippen LogP contribution in [0.5, 0.6) is 0 Å². The summed E-state index contributed by atoms with van der Waals surface area (Å²) in [5.41, 5.74) is 0. The Morgan fingerprint density at radius 1 is 1.21 bits per heavy atom. The van der Waals surface area contributed by atoms with Crippen molar-refractivity contribution in [1.29, 1.82) is 0 Å². The fourth-order valence-electron chi connectivity index (χ4n) is 3.41. The zero-order valence-electron chi connectivity index (χ0n) is 14.0. The summed E-state index contributed by atoms with van der Waals surface area (Å²) in [6.07, 6.45) is 10.6. The lowest BCUT2D eigenvalue weighted by atomic mass is 10.1. The molecule has 2 aliphatic rings. The highest BCUT2D eigenvalue weighted by molar-refractivity contribution is 5.85. The Labute approximate surface area is 142 Å². The minimum atomic E-state index is -0.0590. The van der Waals surface area contributed by atoms with Crippen LogP contribution in [0.15, 0.2) is 18.6 Å². The predicted molar refractivity (Wildman–Crippen MR) is 90.5 cm³/mol. The van der Waals surface area contributed by atoms with Crippen LogP contribution >= 0.6 is 0 Å². The van der Waals surface area contributed by atoms with Crippen LogP contribution in [0.2, 0.25) is 0 Å². The molecule has 3 heterocycles. The third kappa shape index (κ3) is 4.43. The smallest absolute Gasteiger partial charge is 0.239 e. The molecule has 0 aliphatic carbocycles. The van der Waals surface area contributed by atoms with Gasteiger partial charge in [-0.3, -0.25) is 14.6 Å². The molecule has 1 atom stereocenters. The maximum atomic E-state index is 12.3. The zero-order valence-corrected chi connectivity index (χ0v) is 14.0. The largest absolute Gasteiger partial charge is 0.353 e. The first-order chi connectivity index (χ1) is 11.7. The fourth-order valence-corrected chi connectivity index (χ4v) is 3.41. The Morgan fingerprint density at radius 3 is 2.96 bits per heavy atom. The highest BCUT2D eigenvalue weighted by Crippen LogP contribution is 2.16. The minimum Gasteiger partial charge on any atom is -0.353 e. The van der Waals surface area contributed by atoms with E-state index in [1.807, 2.05) is 0 Å². The highest BCUT2D eigenvalue weighted by atomic mass is 16.2. The Bertz CT molecular complexity index is 565. The highest BCUT2D eigenvalue weighted by Gasteiger charge is 2.24. The molecule has 2 saturated heterocycles. The summed E-state index contributed by atoms with van der Waals surface area (Å²) < 4.78 is 0. The third-order valence-electron chi connectivity index (χ3n) is 4.67. The molecule has 0 bridgehead atoms. The number of hydrogen-bond donors (Lipinski definition) is 1. The number of likely N-dealkylation sites (tertiary alicyclic amines) is 1. The number of anilines is 1. The Hall–Kier alpha value is -2.18. The SMILES string of the molecule is O=C(CN1CCCCCC1=O)NC1CCCN(c2cnccn2)C1. The number of hydrogen-bond acceptors (Lipinski definition) is 5. The number of carbonyl (C=O) groups excluding carboxylic acids is 2. The van der Waals surface area contributed by atoms with Crippen LogP contribution < -0.4 is 10.2 Å². The molecule has 1 N–H and O–H groups in total. The van der Waals surface area contributed by atoms with Gasteiger partial charge in [0.05, 0.1) is 12.7 Å². The van der Waals surface area contributed by atoms with Crippen LogP contribution in [0, 0.1) is 0 Å². The molecule has 2 aliphatic heterocycles. The van der Waals surface area contributed by atoms with Crippen molar-refractivity contribution >= 4 is 17.6 Å². The quantitative estimate of drug-likeness (QED) is 0.889. The second kappa shape index (κ2) is 8.08. The lowest BCUT2D eigenvalue weighted by Gasteiger charge is -2.34. The van der Waals surface area contributed by atoms with Gasteiger partial charge in [-0.1, -0.05) is 6.42 Å². The second-order valence-electron chi connectivity index (χ2n) is 6.54. The molecule has 2 amide bonds. The van der Waals surface area contributed by atoms with Crippen molar-refractivity contribution in [2.75, 3.05) is 31.1 Å². The number of piperidine rings is 1. The van der Waals surface area contributed by atoms with Gasteiger partial charge < -0.3 is 15.1 Å². The van der Waals surface area contributed by atoms with Crippen molar-refractivity contribution in [1.82, 2.24) is 20.2 Å². The summed E-state index contributed by atoms with van der Waals surface area (Å²) >= 11 is 0. The van der Waals surface area contributed by atoms with Crippen LogP contribution in [-0.4, -0.2) is 58.9 Å². The molecule has 7 heteroatoms. The number of rotatable bonds is 4. The Balaban J connectivity index is 1.51. The van der Waals surface area contributed by atoms with Crippen molar-refractivity contribution in [2.45, 2.75) is 44.6 Å². The maximum Gasteiger partial charge on any atom is 0.239 e. The predicted octanol–water partition coefficient (Wildman–Crippen LogP) is 0.964. The van der Waals surface area contributed by atoms with E-state index in [0.29, 0.717) is 13.0 Å². The van der Waals surface area contributed by atoms with E-state index in [4.69, 9.17) is 0 Å². The number of aromatic nitrogens is 2. The van der Waals surface area contributed by atoms with Crippen molar-refractivity contribution in [3.8, 4) is 0 Å². The van der Waals surface area contributed by atoms with E-state index < -0.39 is 0 Å². The van der Waals surface area contributed by atoms with Crippen LogP contribution in [0.25, 0.3) is 0 Å². The molecule has 1 unspecified atom stereocenters. The van der Waals surface area contributed by atoms with Gasteiger partial charge in [0.1, 0.15) is 5.82 Å². The van der Waals surface area contributed by atoms with Gasteiger partial charge in [0.2, 0.25) is 11.8 Å². The molecule has 0 radical (unpaired) electrons. The second-order valence-corrected chi connectivity index (χ2v) is 6.54. The van der Waals surface area contributed by atoms with Gasteiger partial charge >= 0.3 is 0 Å². The normalized spacial score (nSPS) is 22.2. The number of amides is 2. The third-order valence-corrected chi connectivity index (χ3v) is 4.67. The van der Waals surface area contributed by atoms with Crippen molar-refractivity contribution in [2.24, 2.45) is 0 Å². The molecule has 7 nitrogen and oxygen atoms in total. The number of nitrogens with one attached hydrogen (secondary N) is 1. The van der Waals surface area contributed by atoms with Crippen LogP contribution in [0.1, 0.15) is 38.5 Å². The van der Waals surface area contributed by atoms with E-state index in [9.17, 15) is 9.59 Å². The first-order valence-electron chi connectivity index (χ1n) is 8.80. The number of nitrogens with zero attached hydrogens (tertiary/aromatic N) is 4. The first-order valence-corrected chi connectivity index (χ1v) is 8.80. The summed E-state index contributed by atoms with van der Waals surface area (Å²) in [5, 5.41) is 3.08. The molecule has 130 valence electrons. The minimum absolute atomic E-state index is 0.0590. The summed E-state index contributed by atoms with van der Waals surface area (Å²) in [6, 6.07) is 0.0929. The standard InChI is InChI=1S/C17H25N5O2/c23-16(13-22-9-3-1-2-6-17(22)24)20-14-5-4-10-21(12-14)15-11-18-7-8-19-15/h7-8,11,14H,1-6,9-10,12-13H2,(H,20,23). The Kier molecular flexibility index (Phi) is 5.61. The molecular formula is C17H25N5O2. The van der Waals surface area contributed by atoms with Gasteiger partial charge in [-0.2, -0.15) is 0 Å². The van der Waals surface area contributed by atoms with Gasteiger partial charge in [-0.15, -0.1) is 0 Å². The monoisotopic (exact) mass is 331 g/mol. The average Bonchev–Trinajstić information content (AvgIpc) is 2.80. The van der Waals surface area contributed by atoms with Crippen LogP contribution in [0.4, 0.5) is 5.82 Å². The lowest BCUT2D eigenvalue weighted by molar-refractivity contribution is -0.135. The molecule has 0 saturated carbocycles.